The lowest BCUT2D eigenvalue weighted by molar-refractivity contribution is -0.118. The summed E-state index contributed by atoms with van der Waals surface area (Å²) in [5.74, 6) is 1.23. The topological polar surface area (TPSA) is 71.2 Å². The first kappa shape index (κ1) is 18.4. The Morgan fingerprint density at radius 1 is 1.52 bits per heavy atom. The van der Waals surface area contributed by atoms with Crippen LogP contribution in [0.3, 0.4) is 0 Å². The number of carbonyl (C=O) groups is 1. The first-order valence-electron chi connectivity index (χ1n) is 6.60. The van der Waals surface area contributed by atoms with Crippen LogP contribution in [0, 0.1) is 0 Å². The molecule has 0 bridgehead atoms. The predicted octanol–water partition coefficient (Wildman–Crippen LogP) is 1.92. The Hall–Kier alpha value is -0.690. The number of hydrogen-bond acceptors (Lipinski definition) is 5. The fourth-order valence-electron chi connectivity index (χ4n) is 2.06. The molecule has 0 aromatic carbocycles. The van der Waals surface area contributed by atoms with Gasteiger partial charge in [-0.15, -0.1) is 24.2 Å². The van der Waals surface area contributed by atoms with Gasteiger partial charge in [0, 0.05) is 31.1 Å². The van der Waals surface area contributed by atoms with Crippen molar-refractivity contribution >= 4 is 47.5 Å². The molecule has 0 unspecified atom stereocenters. The highest BCUT2D eigenvalue weighted by atomic mass is 35.5. The van der Waals surface area contributed by atoms with E-state index in [2.05, 4.69) is 15.2 Å². The van der Waals surface area contributed by atoms with E-state index in [-0.39, 0.29) is 24.4 Å². The van der Waals surface area contributed by atoms with Crippen molar-refractivity contribution in [1.82, 2.24) is 10.3 Å². The number of nitrogens with zero attached hydrogens (tertiary/aromatic N) is 2. The molecular weight excluding hydrogens is 331 g/mol. The number of halogens is 2. The minimum absolute atomic E-state index is 0. The third-order valence-electron chi connectivity index (χ3n) is 3.27. The zero-order chi connectivity index (χ0) is 14.5. The number of hydrogen-bond donors (Lipinski definition) is 2. The van der Waals surface area contributed by atoms with Gasteiger partial charge in [-0.25, -0.2) is 4.98 Å². The van der Waals surface area contributed by atoms with Crippen molar-refractivity contribution in [2.45, 2.75) is 23.8 Å². The molecular formula is C13H20Cl2N4OS. The molecule has 21 heavy (non-hydrogen) atoms. The maximum Gasteiger partial charge on any atom is 0.230 e. The Morgan fingerprint density at radius 3 is 2.81 bits per heavy atom. The van der Waals surface area contributed by atoms with E-state index in [1.165, 1.54) is 11.8 Å². The van der Waals surface area contributed by atoms with Gasteiger partial charge in [-0.1, -0.05) is 11.6 Å². The summed E-state index contributed by atoms with van der Waals surface area (Å²) in [5.41, 5.74) is 5.91. The second-order valence-electron chi connectivity index (χ2n) is 4.77. The Labute approximate surface area is 140 Å². The van der Waals surface area contributed by atoms with E-state index in [9.17, 15) is 4.79 Å². The number of pyridine rings is 1. The molecule has 1 fully saturated rings. The minimum atomic E-state index is -0.00608. The van der Waals surface area contributed by atoms with Crippen LogP contribution in [0.2, 0.25) is 5.15 Å². The Kier molecular flexibility index (Phi) is 7.59. The van der Waals surface area contributed by atoms with Gasteiger partial charge < -0.3 is 16.0 Å². The molecule has 2 heterocycles. The predicted molar refractivity (Wildman–Crippen MR) is 90.7 cm³/mol. The number of aromatic nitrogens is 1. The fourth-order valence-corrected chi connectivity index (χ4v) is 3.15. The van der Waals surface area contributed by atoms with Crippen LogP contribution in [0.4, 0.5) is 5.82 Å². The number of nitrogens with one attached hydrogen (secondary N) is 1. The number of anilines is 1. The molecule has 1 aromatic rings. The van der Waals surface area contributed by atoms with Gasteiger partial charge in [0.1, 0.15) is 11.0 Å². The number of carbonyl (C=O) groups excluding carboxylic acids is 1. The van der Waals surface area contributed by atoms with Crippen LogP contribution in [0.25, 0.3) is 0 Å². The van der Waals surface area contributed by atoms with E-state index in [1.807, 2.05) is 6.07 Å². The van der Waals surface area contributed by atoms with Crippen LogP contribution < -0.4 is 16.0 Å². The van der Waals surface area contributed by atoms with Crippen LogP contribution in [-0.4, -0.2) is 42.8 Å². The van der Waals surface area contributed by atoms with Gasteiger partial charge in [-0.05, 0) is 25.0 Å². The standard InChI is InChI=1S/C13H19ClN4OS.ClH/c1-16-13(19)8-20-10-6-11(14)17-12(7-10)18-4-2-9(15)3-5-18;/h6-7,9H,2-5,8,15H2,1H3,(H,16,19);1H. The molecule has 1 aliphatic heterocycles. The van der Waals surface area contributed by atoms with Crippen molar-refractivity contribution in [2.24, 2.45) is 5.73 Å². The average Bonchev–Trinajstić information content (AvgIpc) is 2.45. The van der Waals surface area contributed by atoms with E-state index < -0.39 is 0 Å². The van der Waals surface area contributed by atoms with Gasteiger partial charge in [-0.2, -0.15) is 0 Å². The summed E-state index contributed by atoms with van der Waals surface area (Å²) in [6.07, 6.45) is 1.93. The van der Waals surface area contributed by atoms with Crippen molar-refractivity contribution in [3.8, 4) is 0 Å². The maximum absolute atomic E-state index is 11.3. The van der Waals surface area contributed by atoms with Crippen LogP contribution in [0.15, 0.2) is 17.0 Å². The van der Waals surface area contributed by atoms with Crippen LogP contribution >= 0.6 is 35.8 Å². The average molecular weight is 351 g/mol. The van der Waals surface area contributed by atoms with Gasteiger partial charge in [0.25, 0.3) is 0 Å². The minimum Gasteiger partial charge on any atom is -0.358 e. The van der Waals surface area contributed by atoms with Gasteiger partial charge in [0.15, 0.2) is 0 Å². The quantitative estimate of drug-likeness (QED) is 0.641. The largest absolute Gasteiger partial charge is 0.358 e. The number of rotatable bonds is 4. The molecule has 1 amide bonds. The molecule has 8 heteroatoms. The molecule has 1 saturated heterocycles. The lowest BCUT2D eigenvalue weighted by Gasteiger charge is -2.31. The molecule has 0 atom stereocenters. The summed E-state index contributed by atoms with van der Waals surface area (Å²) in [5, 5.41) is 3.06. The van der Waals surface area contributed by atoms with E-state index in [0.29, 0.717) is 10.9 Å². The lowest BCUT2D eigenvalue weighted by Crippen LogP contribution is -2.40. The fraction of sp³-hybridized carbons (Fsp3) is 0.538. The smallest absolute Gasteiger partial charge is 0.230 e. The molecule has 1 aliphatic rings. The van der Waals surface area contributed by atoms with Gasteiger partial charge >= 0.3 is 0 Å². The number of nitrogens with two attached hydrogens (primary N) is 1. The second kappa shape index (κ2) is 8.68. The Morgan fingerprint density at radius 2 is 2.19 bits per heavy atom. The highest BCUT2D eigenvalue weighted by Gasteiger charge is 2.18. The van der Waals surface area contributed by atoms with Crippen molar-refractivity contribution in [3.05, 3.63) is 17.3 Å². The summed E-state index contributed by atoms with van der Waals surface area (Å²) >= 11 is 7.53. The van der Waals surface area contributed by atoms with Crippen molar-refractivity contribution < 1.29 is 4.79 Å². The molecule has 0 spiro atoms. The van der Waals surface area contributed by atoms with Crippen molar-refractivity contribution in [3.63, 3.8) is 0 Å². The number of piperidine rings is 1. The van der Waals surface area contributed by atoms with E-state index in [4.69, 9.17) is 17.3 Å². The van der Waals surface area contributed by atoms with Crippen molar-refractivity contribution in [2.75, 3.05) is 30.8 Å². The number of thioether (sulfide) groups is 1. The first-order valence-corrected chi connectivity index (χ1v) is 7.96. The van der Waals surface area contributed by atoms with E-state index in [1.54, 1.807) is 13.1 Å². The Balaban J connectivity index is 0.00000220. The zero-order valence-electron chi connectivity index (χ0n) is 11.8. The third-order valence-corrected chi connectivity index (χ3v) is 4.44. The molecule has 2 rings (SSSR count). The van der Waals surface area contributed by atoms with Gasteiger partial charge in [0.2, 0.25) is 5.91 Å². The summed E-state index contributed by atoms with van der Waals surface area (Å²) in [6.45, 7) is 1.79. The Bertz CT molecular complexity index is 481. The van der Waals surface area contributed by atoms with Gasteiger partial charge in [0.05, 0.1) is 5.75 Å². The van der Waals surface area contributed by atoms with Crippen molar-refractivity contribution in [1.29, 1.82) is 0 Å². The van der Waals surface area contributed by atoms with Crippen LogP contribution in [0.1, 0.15) is 12.8 Å². The van der Waals surface area contributed by atoms with Crippen LogP contribution in [0.5, 0.6) is 0 Å². The normalized spacial score (nSPS) is 15.5. The zero-order valence-corrected chi connectivity index (χ0v) is 14.2. The molecule has 3 N–H and O–H groups in total. The molecule has 0 aliphatic carbocycles. The summed E-state index contributed by atoms with van der Waals surface area (Å²) in [6, 6.07) is 4.05. The monoisotopic (exact) mass is 350 g/mol. The second-order valence-corrected chi connectivity index (χ2v) is 6.21. The summed E-state index contributed by atoms with van der Waals surface area (Å²) in [4.78, 5) is 18.8. The highest BCUT2D eigenvalue weighted by molar-refractivity contribution is 8.00. The molecule has 5 nitrogen and oxygen atoms in total. The first-order chi connectivity index (χ1) is 9.58. The lowest BCUT2D eigenvalue weighted by atomic mass is 10.1. The number of amides is 1. The van der Waals surface area contributed by atoms with E-state index >= 15 is 0 Å². The molecule has 1 aromatic heterocycles. The summed E-state index contributed by atoms with van der Waals surface area (Å²) < 4.78 is 0. The molecule has 118 valence electrons. The third kappa shape index (κ3) is 5.54. The van der Waals surface area contributed by atoms with Crippen LogP contribution in [-0.2, 0) is 4.79 Å². The maximum atomic E-state index is 11.3. The van der Waals surface area contributed by atoms with Gasteiger partial charge in [-0.3, -0.25) is 4.79 Å². The SMILES string of the molecule is CNC(=O)CSc1cc(Cl)nc(N2CCC(N)CC2)c1.Cl. The molecule has 0 radical (unpaired) electrons. The summed E-state index contributed by atoms with van der Waals surface area (Å²) in [7, 11) is 1.63. The van der Waals surface area contributed by atoms with E-state index in [0.717, 1.165) is 36.6 Å². The molecule has 0 saturated carbocycles. The highest BCUT2D eigenvalue weighted by Crippen LogP contribution is 2.27.